The Bertz CT molecular complexity index is 1030. The van der Waals surface area contributed by atoms with E-state index in [0.29, 0.717) is 39.2 Å². The first-order valence-corrected chi connectivity index (χ1v) is 13.6. The van der Waals surface area contributed by atoms with Crippen molar-refractivity contribution in [3.63, 3.8) is 0 Å². The molecule has 0 bridgehead atoms. The molecule has 2 aromatic carbocycles. The molecular weight excluding hydrogens is 625 g/mol. The van der Waals surface area contributed by atoms with Crippen molar-refractivity contribution in [1.82, 2.24) is 4.90 Å². The fraction of sp³-hybridized carbons (Fsp3) is 0.333. The zero-order valence-corrected chi connectivity index (χ0v) is 22.6. The predicted octanol–water partition coefficient (Wildman–Crippen LogP) is 7.90. The average molecular weight is 647 g/mol. The van der Waals surface area contributed by atoms with Gasteiger partial charge in [0, 0.05) is 10.1 Å². The van der Waals surface area contributed by atoms with E-state index in [9.17, 15) is 9.59 Å². The predicted molar refractivity (Wildman–Crippen MR) is 142 cm³/mol. The SMILES string of the molecule is O=C1S/C(=C/c2cc(Cl)c(OCc3ccc(I)cc3)c(Br)c2)C(=O)N1CC1CCCCC1. The standard InChI is InChI=1S/C24H22BrClINO3S/c25-19-10-17(11-20(26)22(19)31-14-16-6-8-18(27)9-7-16)12-21-23(29)28(24(30)32-21)13-15-4-2-1-3-5-15/h6-12,15H,1-5,13-14H2/b21-12+. The first-order valence-electron chi connectivity index (χ1n) is 10.5. The van der Waals surface area contributed by atoms with E-state index in [1.54, 1.807) is 12.1 Å². The first-order chi connectivity index (χ1) is 15.4. The maximum absolute atomic E-state index is 12.9. The minimum atomic E-state index is -0.211. The Morgan fingerprint density at radius 2 is 1.88 bits per heavy atom. The number of hydrogen-bond donors (Lipinski definition) is 0. The molecule has 0 radical (unpaired) electrons. The summed E-state index contributed by atoms with van der Waals surface area (Å²) in [6.07, 6.45) is 7.52. The number of thioether (sulfide) groups is 1. The van der Waals surface area contributed by atoms with Crippen molar-refractivity contribution in [2.45, 2.75) is 38.7 Å². The van der Waals surface area contributed by atoms with Crippen LogP contribution in [0.1, 0.15) is 43.2 Å². The van der Waals surface area contributed by atoms with E-state index in [1.165, 1.54) is 24.2 Å². The maximum Gasteiger partial charge on any atom is 0.293 e. The molecule has 4 rings (SSSR count). The van der Waals surface area contributed by atoms with Crippen molar-refractivity contribution < 1.29 is 14.3 Å². The summed E-state index contributed by atoms with van der Waals surface area (Å²) in [4.78, 5) is 27.2. The highest BCUT2D eigenvalue weighted by molar-refractivity contribution is 14.1. The van der Waals surface area contributed by atoms with E-state index in [-0.39, 0.29) is 11.1 Å². The lowest BCUT2D eigenvalue weighted by Gasteiger charge is -2.25. The Kier molecular flexibility index (Phi) is 8.23. The fourth-order valence-electron chi connectivity index (χ4n) is 3.97. The molecule has 2 amide bonds. The van der Waals surface area contributed by atoms with Crippen LogP contribution in [0.5, 0.6) is 5.75 Å². The minimum absolute atomic E-state index is 0.186. The topological polar surface area (TPSA) is 46.6 Å². The maximum atomic E-state index is 12.9. The number of carbonyl (C=O) groups is 2. The number of ether oxygens (including phenoxy) is 1. The lowest BCUT2D eigenvalue weighted by atomic mass is 9.89. The van der Waals surface area contributed by atoms with Gasteiger partial charge in [0.2, 0.25) is 0 Å². The molecule has 0 unspecified atom stereocenters. The normalized spacial score (nSPS) is 18.6. The molecule has 1 aliphatic heterocycles. The van der Waals surface area contributed by atoms with Gasteiger partial charge in [0.25, 0.3) is 11.1 Å². The van der Waals surface area contributed by atoms with Crippen LogP contribution >= 0.6 is 61.9 Å². The summed E-state index contributed by atoms with van der Waals surface area (Å²) in [5, 5.41) is 0.257. The number of halogens is 3. The van der Waals surface area contributed by atoms with Crippen LogP contribution in [0.15, 0.2) is 45.8 Å². The highest BCUT2D eigenvalue weighted by Crippen LogP contribution is 2.38. The monoisotopic (exact) mass is 645 g/mol. The van der Waals surface area contributed by atoms with Crippen LogP contribution in [-0.4, -0.2) is 22.6 Å². The third kappa shape index (κ3) is 5.90. The summed E-state index contributed by atoms with van der Waals surface area (Å²) in [6.45, 7) is 0.923. The van der Waals surface area contributed by atoms with Gasteiger partial charge in [0.05, 0.1) is 14.4 Å². The molecule has 0 atom stereocenters. The van der Waals surface area contributed by atoms with Crippen LogP contribution in [-0.2, 0) is 11.4 Å². The van der Waals surface area contributed by atoms with Gasteiger partial charge in [-0.3, -0.25) is 14.5 Å². The quantitative estimate of drug-likeness (QED) is 0.237. The molecule has 2 aliphatic rings. The zero-order chi connectivity index (χ0) is 22.7. The van der Waals surface area contributed by atoms with E-state index < -0.39 is 0 Å². The van der Waals surface area contributed by atoms with Crippen molar-refractivity contribution in [1.29, 1.82) is 0 Å². The Hall–Kier alpha value is -1.03. The van der Waals surface area contributed by atoms with Crippen LogP contribution in [0.4, 0.5) is 4.79 Å². The molecule has 1 saturated carbocycles. The largest absolute Gasteiger partial charge is 0.486 e. The Morgan fingerprint density at radius 1 is 1.16 bits per heavy atom. The Balaban J connectivity index is 1.45. The summed E-state index contributed by atoms with van der Waals surface area (Å²) < 4.78 is 7.78. The second-order valence-corrected chi connectivity index (χ2v) is 11.5. The molecule has 1 aliphatic carbocycles. The molecule has 1 heterocycles. The fourth-order valence-corrected chi connectivity index (χ4v) is 6.17. The molecule has 1 saturated heterocycles. The lowest BCUT2D eigenvalue weighted by molar-refractivity contribution is -0.123. The van der Waals surface area contributed by atoms with E-state index in [1.807, 2.05) is 30.3 Å². The summed E-state index contributed by atoms with van der Waals surface area (Å²) in [5.41, 5.74) is 1.79. The van der Waals surface area contributed by atoms with E-state index >= 15 is 0 Å². The second-order valence-electron chi connectivity index (χ2n) is 8.03. The van der Waals surface area contributed by atoms with Crippen molar-refractivity contribution in [3.8, 4) is 5.75 Å². The third-order valence-electron chi connectivity index (χ3n) is 5.65. The molecule has 8 heteroatoms. The van der Waals surface area contributed by atoms with Gasteiger partial charge in [-0.2, -0.15) is 0 Å². The number of amides is 2. The molecule has 0 spiro atoms. The van der Waals surface area contributed by atoms with Gasteiger partial charge in [-0.25, -0.2) is 0 Å². The van der Waals surface area contributed by atoms with Gasteiger partial charge in [-0.05, 0) is 111 Å². The molecule has 32 heavy (non-hydrogen) atoms. The smallest absolute Gasteiger partial charge is 0.293 e. The van der Waals surface area contributed by atoms with Crippen molar-refractivity contribution in [2.75, 3.05) is 6.54 Å². The highest BCUT2D eigenvalue weighted by Gasteiger charge is 2.36. The summed E-state index contributed by atoms with van der Waals surface area (Å²) in [5.74, 6) is 0.759. The Labute approximate surface area is 219 Å². The third-order valence-corrected chi connectivity index (χ3v) is 8.15. The molecule has 0 aromatic heterocycles. The van der Waals surface area contributed by atoms with Gasteiger partial charge in [0.15, 0.2) is 5.75 Å². The van der Waals surface area contributed by atoms with Crippen molar-refractivity contribution in [3.05, 3.63) is 65.5 Å². The zero-order valence-electron chi connectivity index (χ0n) is 17.3. The van der Waals surface area contributed by atoms with Crippen LogP contribution < -0.4 is 4.74 Å². The van der Waals surface area contributed by atoms with Gasteiger partial charge in [0.1, 0.15) is 6.61 Å². The number of rotatable bonds is 6. The molecule has 2 aromatic rings. The van der Waals surface area contributed by atoms with Crippen LogP contribution in [0.3, 0.4) is 0 Å². The average Bonchev–Trinajstić information content (AvgIpc) is 3.02. The summed E-state index contributed by atoms with van der Waals surface area (Å²) >= 11 is 13.3. The number of benzene rings is 2. The summed E-state index contributed by atoms with van der Waals surface area (Å²) in [7, 11) is 0. The van der Waals surface area contributed by atoms with Gasteiger partial charge in [-0.15, -0.1) is 0 Å². The molecular formula is C24H22BrClINO3S. The number of nitrogens with zero attached hydrogens (tertiary/aromatic N) is 1. The molecule has 2 fully saturated rings. The number of hydrogen-bond acceptors (Lipinski definition) is 4. The first kappa shape index (κ1) is 24.1. The summed E-state index contributed by atoms with van der Waals surface area (Å²) in [6, 6.07) is 11.7. The highest BCUT2D eigenvalue weighted by atomic mass is 127. The van der Waals surface area contributed by atoms with Crippen LogP contribution in [0.25, 0.3) is 6.08 Å². The van der Waals surface area contributed by atoms with E-state index in [0.717, 1.165) is 39.3 Å². The van der Waals surface area contributed by atoms with E-state index in [4.69, 9.17) is 16.3 Å². The lowest BCUT2D eigenvalue weighted by Crippen LogP contribution is -2.34. The van der Waals surface area contributed by atoms with E-state index in [2.05, 4.69) is 38.5 Å². The molecule has 4 nitrogen and oxygen atoms in total. The van der Waals surface area contributed by atoms with Crippen molar-refractivity contribution >= 4 is 79.1 Å². The minimum Gasteiger partial charge on any atom is -0.486 e. The number of imide groups is 1. The van der Waals surface area contributed by atoms with Gasteiger partial charge in [-0.1, -0.05) is 43.0 Å². The molecule has 168 valence electrons. The van der Waals surface area contributed by atoms with Crippen LogP contribution in [0.2, 0.25) is 5.02 Å². The van der Waals surface area contributed by atoms with Gasteiger partial charge >= 0.3 is 0 Å². The number of carbonyl (C=O) groups excluding carboxylic acids is 2. The van der Waals surface area contributed by atoms with Crippen molar-refractivity contribution in [2.24, 2.45) is 5.92 Å². The molecule has 0 N–H and O–H groups in total. The van der Waals surface area contributed by atoms with Gasteiger partial charge < -0.3 is 4.74 Å². The second kappa shape index (κ2) is 10.9. The Morgan fingerprint density at radius 3 is 2.56 bits per heavy atom. The van der Waals surface area contributed by atoms with Crippen LogP contribution in [0, 0.1) is 9.49 Å².